The van der Waals surface area contributed by atoms with Gasteiger partial charge >= 0.3 is 5.97 Å². The normalized spacial score (nSPS) is 11.7. The molecule has 6 nitrogen and oxygen atoms in total. The Balaban J connectivity index is 2.69. The van der Waals surface area contributed by atoms with E-state index in [4.69, 9.17) is 11.6 Å². The van der Waals surface area contributed by atoms with E-state index in [1.54, 1.807) is 4.90 Å². The average molecular weight is 387 g/mol. The Morgan fingerprint density at radius 1 is 1.19 bits per heavy atom. The third-order valence-corrected chi connectivity index (χ3v) is 4.04. The predicted molar refractivity (Wildman–Crippen MR) is 96.3 cm³/mol. The highest BCUT2D eigenvalue weighted by Gasteiger charge is 2.23. The second kappa shape index (κ2) is 10.8. The summed E-state index contributed by atoms with van der Waals surface area (Å²) in [7, 11) is 0. The number of carbonyl (C=O) groups is 3. The van der Waals surface area contributed by atoms with E-state index in [9.17, 15) is 23.9 Å². The highest BCUT2D eigenvalue weighted by atomic mass is 35.5. The van der Waals surface area contributed by atoms with E-state index in [0.29, 0.717) is 13.1 Å². The van der Waals surface area contributed by atoms with Crippen LogP contribution in [-0.4, -0.2) is 40.9 Å². The van der Waals surface area contributed by atoms with Crippen LogP contribution in [0.5, 0.6) is 0 Å². The number of aliphatic carboxylic acids is 1. The molecule has 2 amide bonds. The monoisotopic (exact) mass is 386 g/mol. The lowest BCUT2D eigenvalue weighted by Crippen LogP contribution is -2.36. The van der Waals surface area contributed by atoms with Crippen LogP contribution >= 0.6 is 11.6 Å². The van der Waals surface area contributed by atoms with Crippen molar-refractivity contribution < 1.29 is 23.9 Å². The summed E-state index contributed by atoms with van der Waals surface area (Å²) >= 11 is 5.58. The van der Waals surface area contributed by atoms with Crippen LogP contribution in [0.4, 0.5) is 4.39 Å². The zero-order valence-corrected chi connectivity index (χ0v) is 15.7. The van der Waals surface area contributed by atoms with Gasteiger partial charge in [0.15, 0.2) is 6.04 Å². The minimum absolute atomic E-state index is 0.00679. The van der Waals surface area contributed by atoms with Gasteiger partial charge in [-0.2, -0.15) is 0 Å². The molecular weight excluding hydrogens is 363 g/mol. The summed E-state index contributed by atoms with van der Waals surface area (Å²) in [4.78, 5) is 37.3. The summed E-state index contributed by atoms with van der Waals surface area (Å²) in [5.74, 6) is -2.83. The number of carboxylic acid groups (broad SMARTS) is 1. The zero-order valence-electron chi connectivity index (χ0n) is 14.9. The van der Waals surface area contributed by atoms with Crippen LogP contribution in [-0.2, 0) is 14.4 Å². The maximum absolute atomic E-state index is 13.5. The van der Waals surface area contributed by atoms with Crippen molar-refractivity contribution in [2.75, 3.05) is 13.1 Å². The van der Waals surface area contributed by atoms with E-state index in [-0.39, 0.29) is 29.3 Å². The maximum Gasteiger partial charge on any atom is 0.330 e. The van der Waals surface area contributed by atoms with Gasteiger partial charge in [-0.1, -0.05) is 31.5 Å². The first-order chi connectivity index (χ1) is 12.3. The van der Waals surface area contributed by atoms with Crippen LogP contribution in [0.25, 0.3) is 0 Å². The number of nitrogens with zero attached hydrogens (tertiary/aromatic N) is 1. The molecule has 0 saturated heterocycles. The fourth-order valence-electron chi connectivity index (χ4n) is 2.49. The molecule has 0 radical (unpaired) electrons. The Hall–Kier alpha value is -2.15. The number of carboxylic acids is 1. The molecule has 0 aliphatic carbocycles. The zero-order chi connectivity index (χ0) is 19.7. The van der Waals surface area contributed by atoms with Gasteiger partial charge in [-0.25, -0.2) is 9.18 Å². The first-order valence-electron chi connectivity index (χ1n) is 8.55. The minimum Gasteiger partial charge on any atom is -0.479 e. The van der Waals surface area contributed by atoms with Crippen molar-refractivity contribution in [1.82, 2.24) is 10.2 Å². The van der Waals surface area contributed by atoms with Crippen molar-refractivity contribution in [3.63, 3.8) is 0 Å². The maximum atomic E-state index is 13.5. The summed E-state index contributed by atoms with van der Waals surface area (Å²) in [5.41, 5.74) is 0.0673. The number of hydrogen-bond acceptors (Lipinski definition) is 3. The van der Waals surface area contributed by atoms with Crippen LogP contribution in [0.2, 0.25) is 5.02 Å². The summed E-state index contributed by atoms with van der Waals surface area (Å²) in [5, 5.41) is 11.5. The molecule has 2 N–H and O–H groups in total. The van der Waals surface area contributed by atoms with E-state index >= 15 is 0 Å². The Bertz CT molecular complexity index is 648. The molecule has 1 unspecified atom stereocenters. The van der Waals surface area contributed by atoms with Crippen LogP contribution in [0.15, 0.2) is 18.2 Å². The summed E-state index contributed by atoms with van der Waals surface area (Å²) < 4.78 is 13.5. The molecule has 0 bridgehead atoms. The van der Waals surface area contributed by atoms with Crippen LogP contribution in [0.3, 0.4) is 0 Å². The molecule has 1 rings (SSSR count). The van der Waals surface area contributed by atoms with E-state index in [0.717, 1.165) is 18.9 Å². The standard InChI is InChI=1S/C18H24ClFN2O4/c1-3-9-22(10-4-2)16(24)8-7-15(23)21-17(18(25)26)12-5-6-13(19)14(20)11-12/h5-6,11,17H,3-4,7-10H2,1-2H3,(H,21,23)(H,25,26). The van der Waals surface area contributed by atoms with Gasteiger partial charge in [0, 0.05) is 25.9 Å². The Morgan fingerprint density at radius 2 is 1.81 bits per heavy atom. The third kappa shape index (κ3) is 6.63. The molecule has 1 atom stereocenters. The predicted octanol–water partition coefficient (Wildman–Crippen LogP) is 3.15. The summed E-state index contributed by atoms with van der Waals surface area (Å²) in [6, 6.07) is 2.12. The summed E-state index contributed by atoms with van der Waals surface area (Å²) in [6.07, 6.45) is 1.50. The largest absolute Gasteiger partial charge is 0.479 e. The molecule has 1 aromatic rings. The Labute approximate surface area is 157 Å². The second-order valence-corrected chi connectivity index (χ2v) is 6.30. The number of rotatable bonds is 10. The lowest BCUT2D eigenvalue weighted by Gasteiger charge is -2.21. The number of amides is 2. The average Bonchev–Trinajstić information content (AvgIpc) is 2.59. The van der Waals surface area contributed by atoms with Crippen molar-refractivity contribution in [1.29, 1.82) is 0 Å². The smallest absolute Gasteiger partial charge is 0.330 e. The van der Waals surface area contributed by atoms with E-state index in [2.05, 4.69) is 5.32 Å². The molecule has 1 aromatic carbocycles. The van der Waals surface area contributed by atoms with E-state index in [1.165, 1.54) is 12.1 Å². The Morgan fingerprint density at radius 3 is 2.31 bits per heavy atom. The molecule has 0 heterocycles. The molecule has 0 fully saturated rings. The van der Waals surface area contributed by atoms with E-state index in [1.807, 2.05) is 13.8 Å². The molecule has 26 heavy (non-hydrogen) atoms. The molecule has 0 aliphatic heterocycles. The lowest BCUT2D eigenvalue weighted by molar-refractivity contribution is -0.142. The van der Waals surface area contributed by atoms with Crippen molar-refractivity contribution >= 4 is 29.4 Å². The topological polar surface area (TPSA) is 86.7 Å². The van der Waals surface area contributed by atoms with Crippen LogP contribution < -0.4 is 5.32 Å². The first kappa shape index (κ1) is 21.9. The lowest BCUT2D eigenvalue weighted by atomic mass is 10.1. The molecule has 8 heteroatoms. The number of halogens is 2. The van der Waals surface area contributed by atoms with Crippen molar-refractivity contribution in [3.8, 4) is 0 Å². The van der Waals surface area contributed by atoms with Gasteiger partial charge in [-0.3, -0.25) is 9.59 Å². The van der Waals surface area contributed by atoms with Crippen LogP contribution in [0, 0.1) is 5.82 Å². The van der Waals surface area contributed by atoms with Gasteiger partial charge in [0.2, 0.25) is 11.8 Å². The van der Waals surface area contributed by atoms with Gasteiger partial charge in [0.1, 0.15) is 5.82 Å². The number of hydrogen-bond donors (Lipinski definition) is 2. The second-order valence-electron chi connectivity index (χ2n) is 5.89. The fraction of sp³-hybridized carbons (Fsp3) is 0.500. The molecule has 0 saturated carbocycles. The van der Waals surface area contributed by atoms with E-state index < -0.39 is 23.7 Å². The summed E-state index contributed by atoms with van der Waals surface area (Å²) in [6.45, 7) is 5.17. The SMILES string of the molecule is CCCN(CCC)C(=O)CCC(=O)NC(C(=O)O)c1ccc(Cl)c(F)c1. The fourth-order valence-corrected chi connectivity index (χ4v) is 2.61. The van der Waals surface area contributed by atoms with Gasteiger partial charge in [-0.05, 0) is 30.5 Å². The number of carbonyl (C=O) groups excluding carboxylic acids is 2. The molecule has 144 valence electrons. The van der Waals surface area contributed by atoms with Gasteiger partial charge in [0.05, 0.1) is 5.02 Å². The third-order valence-electron chi connectivity index (χ3n) is 3.73. The molecule has 0 spiro atoms. The quantitative estimate of drug-likeness (QED) is 0.646. The first-order valence-corrected chi connectivity index (χ1v) is 8.92. The minimum atomic E-state index is -1.41. The van der Waals surface area contributed by atoms with Gasteiger partial charge in [-0.15, -0.1) is 0 Å². The highest BCUT2D eigenvalue weighted by molar-refractivity contribution is 6.30. The Kier molecular flexibility index (Phi) is 9.05. The van der Waals surface area contributed by atoms with Crippen molar-refractivity contribution in [2.24, 2.45) is 0 Å². The van der Waals surface area contributed by atoms with Gasteiger partial charge < -0.3 is 15.3 Å². The number of benzene rings is 1. The van der Waals surface area contributed by atoms with Crippen LogP contribution in [0.1, 0.15) is 51.1 Å². The highest BCUT2D eigenvalue weighted by Crippen LogP contribution is 2.21. The molecule has 0 aliphatic rings. The molecule has 0 aromatic heterocycles. The van der Waals surface area contributed by atoms with Gasteiger partial charge in [0.25, 0.3) is 0 Å². The number of nitrogens with one attached hydrogen (secondary N) is 1. The van der Waals surface area contributed by atoms with Crippen molar-refractivity contribution in [2.45, 2.75) is 45.6 Å². The molecular formula is C18H24ClFN2O4. The van der Waals surface area contributed by atoms with Crippen molar-refractivity contribution in [3.05, 3.63) is 34.6 Å².